The summed E-state index contributed by atoms with van der Waals surface area (Å²) < 4.78 is 5.62. The second-order valence-electron chi connectivity index (χ2n) is 8.51. The van der Waals surface area contributed by atoms with Crippen LogP contribution in [-0.2, 0) is 16.1 Å². The van der Waals surface area contributed by atoms with Crippen molar-refractivity contribution in [2.75, 3.05) is 26.3 Å². The molecule has 174 valence electrons. The SMILES string of the molecule is CC(C)COC[C@@H](O)CN(Cc1cccc(Cl)c1)C[C@H]1CC(c2ccc(Cl)c(Cl)c2)=NO1. The smallest absolute Gasteiger partial charge is 0.145 e. The first-order valence-corrected chi connectivity index (χ1v) is 11.8. The van der Waals surface area contributed by atoms with Gasteiger partial charge in [0.15, 0.2) is 0 Å². The summed E-state index contributed by atoms with van der Waals surface area (Å²) in [5.41, 5.74) is 2.79. The van der Waals surface area contributed by atoms with Crippen molar-refractivity contribution in [3.05, 3.63) is 68.7 Å². The predicted octanol–water partition coefficient (Wildman–Crippen LogP) is 5.68. The summed E-state index contributed by atoms with van der Waals surface area (Å²) >= 11 is 18.3. The molecule has 2 atom stereocenters. The Morgan fingerprint density at radius 1 is 1.12 bits per heavy atom. The highest BCUT2D eigenvalue weighted by Gasteiger charge is 2.26. The molecular formula is C24H29Cl3N2O3. The number of oxime groups is 1. The van der Waals surface area contributed by atoms with Gasteiger partial charge in [0.25, 0.3) is 0 Å². The molecule has 0 bridgehead atoms. The third kappa shape index (κ3) is 7.91. The number of aliphatic hydroxyl groups excluding tert-OH is 1. The van der Waals surface area contributed by atoms with Crippen molar-refractivity contribution in [2.45, 2.75) is 39.0 Å². The van der Waals surface area contributed by atoms with Gasteiger partial charge in [0.1, 0.15) is 6.10 Å². The molecule has 5 nitrogen and oxygen atoms in total. The molecule has 0 fully saturated rings. The standard InChI is InChI=1S/C24H29Cl3N2O3/c1-16(2)14-31-15-20(30)12-29(11-17-4-3-5-19(25)8-17)13-21-10-24(28-32-21)18-6-7-22(26)23(27)9-18/h3-9,16,20-21,30H,10-15H2,1-2H3/t20-,21+/m0/s1. The number of rotatable bonds is 11. The Morgan fingerprint density at radius 3 is 2.66 bits per heavy atom. The molecule has 2 aromatic carbocycles. The van der Waals surface area contributed by atoms with Crippen LogP contribution >= 0.6 is 34.8 Å². The zero-order valence-electron chi connectivity index (χ0n) is 18.3. The van der Waals surface area contributed by atoms with Gasteiger partial charge in [0, 0.05) is 43.2 Å². The Hall–Kier alpha value is -1.34. The van der Waals surface area contributed by atoms with E-state index in [9.17, 15) is 5.11 Å². The minimum absolute atomic E-state index is 0.137. The van der Waals surface area contributed by atoms with Crippen molar-refractivity contribution in [3.63, 3.8) is 0 Å². The molecule has 32 heavy (non-hydrogen) atoms. The number of hydrogen-bond donors (Lipinski definition) is 1. The first-order valence-electron chi connectivity index (χ1n) is 10.7. The van der Waals surface area contributed by atoms with Crippen LogP contribution in [0.3, 0.4) is 0 Å². The summed E-state index contributed by atoms with van der Waals surface area (Å²) in [5, 5.41) is 16.5. The Kier molecular flexibility index (Phi) is 9.65. The zero-order valence-corrected chi connectivity index (χ0v) is 20.6. The van der Waals surface area contributed by atoms with Crippen LogP contribution < -0.4 is 0 Å². The van der Waals surface area contributed by atoms with Crippen molar-refractivity contribution in [3.8, 4) is 0 Å². The lowest BCUT2D eigenvalue weighted by Gasteiger charge is -2.27. The molecule has 1 aliphatic rings. The summed E-state index contributed by atoms with van der Waals surface area (Å²) in [4.78, 5) is 7.85. The van der Waals surface area contributed by atoms with E-state index in [1.165, 1.54) is 0 Å². The van der Waals surface area contributed by atoms with Crippen LogP contribution in [0.15, 0.2) is 47.6 Å². The van der Waals surface area contributed by atoms with Crippen LogP contribution in [0.5, 0.6) is 0 Å². The molecule has 8 heteroatoms. The maximum atomic E-state index is 10.5. The van der Waals surface area contributed by atoms with E-state index in [0.717, 1.165) is 16.8 Å². The zero-order chi connectivity index (χ0) is 23.1. The lowest BCUT2D eigenvalue weighted by molar-refractivity contribution is -0.00734. The summed E-state index contributed by atoms with van der Waals surface area (Å²) in [6, 6.07) is 13.2. The summed E-state index contributed by atoms with van der Waals surface area (Å²) in [5.74, 6) is 0.425. The molecule has 0 aliphatic carbocycles. The molecule has 1 heterocycles. The number of nitrogens with zero attached hydrogens (tertiary/aromatic N) is 2. The van der Waals surface area contributed by atoms with Gasteiger partial charge in [-0.25, -0.2) is 0 Å². The third-order valence-electron chi connectivity index (χ3n) is 4.97. The Morgan fingerprint density at radius 2 is 1.94 bits per heavy atom. The van der Waals surface area contributed by atoms with E-state index in [1.807, 2.05) is 30.3 Å². The number of ether oxygens (including phenoxy) is 1. The Bertz CT molecular complexity index is 923. The normalized spacial score (nSPS) is 17.0. The lowest BCUT2D eigenvalue weighted by Crippen LogP contribution is -2.39. The molecule has 3 rings (SSSR count). The molecule has 0 aromatic heterocycles. The topological polar surface area (TPSA) is 54.3 Å². The van der Waals surface area contributed by atoms with Gasteiger partial charge in [-0.2, -0.15) is 0 Å². The fraction of sp³-hybridized carbons (Fsp3) is 0.458. The third-order valence-corrected chi connectivity index (χ3v) is 5.95. The molecule has 0 spiro atoms. The molecule has 0 amide bonds. The molecule has 1 aliphatic heterocycles. The van der Waals surface area contributed by atoms with Crippen LogP contribution in [0, 0.1) is 5.92 Å². The number of benzene rings is 2. The largest absolute Gasteiger partial charge is 0.390 e. The second-order valence-corrected chi connectivity index (χ2v) is 9.76. The van der Waals surface area contributed by atoms with Crippen molar-refractivity contribution in [1.82, 2.24) is 4.90 Å². The van der Waals surface area contributed by atoms with Gasteiger partial charge in [0.2, 0.25) is 0 Å². The van der Waals surface area contributed by atoms with E-state index in [0.29, 0.717) is 60.3 Å². The Labute approximate surface area is 204 Å². The van der Waals surface area contributed by atoms with Gasteiger partial charge in [-0.1, -0.05) is 72.0 Å². The molecular weight excluding hydrogens is 471 g/mol. The van der Waals surface area contributed by atoms with E-state index in [-0.39, 0.29) is 6.10 Å². The quantitative estimate of drug-likeness (QED) is 0.432. The van der Waals surface area contributed by atoms with Gasteiger partial charge in [-0.15, -0.1) is 0 Å². The van der Waals surface area contributed by atoms with E-state index < -0.39 is 6.10 Å². The molecule has 0 unspecified atom stereocenters. The highest BCUT2D eigenvalue weighted by atomic mass is 35.5. The minimum atomic E-state index is -0.607. The van der Waals surface area contributed by atoms with Gasteiger partial charge in [-0.05, 0) is 35.7 Å². The highest BCUT2D eigenvalue weighted by molar-refractivity contribution is 6.42. The summed E-state index contributed by atoms with van der Waals surface area (Å²) in [6.07, 6.45) is -0.101. The molecule has 0 saturated heterocycles. The van der Waals surface area contributed by atoms with Crippen LogP contribution in [0.2, 0.25) is 15.1 Å². The molecule has 1 N–H and O–H groups in total. The number of aliphatic hydroxyl groups is 1. The van der Waals surface area contributed by atoms with Crippen LogP contribution in [0.25, 0.3) is 0 Å². The van der Waals surface area contributed by atoms with E-state index in [4.69, 9.17) is 44.4 Å². The van der Waals surface area contributed by atoms with Crippen LogP contribution in [-0.4, -0.2) is 54.2 Å². The van der Waals surface area contributed by atoms with Crippen molar-refractivity contribution in [2.24, 2.45) is 11.1 Å². The van der Waals surface area contributed by atoms with Crippen molar-refractivity contribution < 1.29 is 14.7 Å². The fourth-order valence-corrected chi connectivity index (χ4v) is 4.06. The van der Waals surface area contributed by atoms with E-state index >= 15 is 0 Å². The van der Waals surface area contributed by atoms with E-state index in [1.54, 1.807) is 12.1 Å². The predicted molar refractivity (Wildman–Crippen MR) is 131 cm³/mol. The van der Waals surface area contributed by atoms with Crippen LogP contribution in [0.4, 0.5) is 0 Å². The molecule has 0 saturated carbocycles. The number of hydrogen-bond acceptors (Lipinski definition) is 5. The lowest BCUT2D eigenvalue weighted by atomic mass is 10.0. The van der Waals surface area contributed by atoms with Crippen LogP contribution in [0.1, 0.15) is 31.4 Å². The monoisotopic (exact) mass is 498 g/mol. The van der Waals surface area contributed by atoms with E-state index in [2.05, 4.69) is 23.9 Å². The van der Waals surface area contributed by atoms with Gasteiger partial charge in [0.05, 0.1) is 28.5 Å². The first kappa shape index (κ1) is 25.3. The van der Waals surface area contributed by atoms with Crippen molar-refractivity contribution in [1.29, 1.82) is 0 Å². The highest BCUT2D eigenvalue weighted by Crippen LogP contribution is 2.26. The molecule has 2 aromatic rings. The Balaban J connectivity index is 1.62. The average molecular weight is 500 g/mol. The van der Waals surface area contributed by atoms with Gasteiger partial charge in [-0.3, -0.25) is 4.90 Å². The van der Waals surface area contributed by atoms with Gasteiger partial charge >= 0.3 is 0 Å². The number of halogens is 3. The minimum Gasteiger partial charge on any atom is -0.390 e. The maximum Gasteiger partial charge on any atom is 0.145 e. The summed E-state index contributed by atoms with van der Waals surface area (Å²) in [6.45, 7) is 6.76. The maximum absolute atomic E-state index is 10.5. The fourth-order valence-electron chi connectivity index (χ4n) is 3.55. The molecule has 0 radical (unpaired) electrons. The average Bonchev–Trinajstić information content (AvgIpc) is 3.18. The summed E-state index contributed by atoms with van der Waals surface area (Å²) in [7, 11) is 0. The second kappa shape index (κ2) is 12.2. The van der Waals surface area contributed by atoms with Crippen molar-refractivity contribution >= 4 is 40.5 Å². The van der Waals surface area contributed by atoms with Gasteiger partial charge < -0.3 is 14.7 Å². The first-order chi connectivity index (χ1) is 15.3.